The van der Waals surface area contributed by atoms with Crippen molar-refractivity contribution in [1.82, 2.24) is 26.1 Å². The average molecular weight is 377 g/mol. The third kappa shape index (κ3) is 5.68. The SMILES string of the molecule is CN=C(NCc1noc(C(C)(C)C)n1)NC1CCCC(C(=O)NC2CC2)C1. The van der Waals surface area contributed by atoms with Crippen molar-refractivity contribution in [2.45, 2.75) is 83.3 Å². The van der Waals surface area contributed by atoms with Gasteiger partial charge in [-0.3, -0.25) is 9.79 Å². The van der Waals surface area contributed by atoms with E-state index in [1.807, 2.05) is 20.8 Å². The maximum absolute atomic E-state index is 12.3. The second-order valence-corrected chi connectivity index (χ2v) is 8.68. The molecule has 8 heteroatoms. The normalized spacial score (nSPS) is 23.8. The van der Waals surface area contributed by atoms with Crippen molar-refractivity contribution in [2.24, 2.45) is 10.9 Å². The number of nitrogens with zero attached hydrogens (tertiary/aromatic N) is 3. The Morgan fingerprint density at radius 3 is 2.59 bits per heavy atom. The molecule has 0 aliphatic heterocycles. The first kappa shape index (κ1) is 19.6. The first-order chi connectivity index (χ1) is 12.8. The molecule has 1 heterocycles. The van der Waals surface area contributed by atoms with Crippen molar-refractivity contribution >= 4 is 11.9 Å². The molecule has 1 amide bonds. The molecule has 0 bridgehead atoms. The van der Waals surface area contributed by atoms with Crippen LogP contribution >= 0.6 is 0 Å². The molecule has 2 atom stereocenters. The summed E-state index contributed by atoms with van der Waals surface area (Å²) in [6.07, 6.45) is 6.17. The van der Waals surface area contributed by atoms with Crippen molar-refractivity contribution in [2.75, 3.05) is 7.05 Å². The lowest BCUT2D eigenvalue weighted by Crippen LogP contribution is -2.47. The fourth-order valence-electron chi connectivity index (χ4n) is 3.29. The largest absolute Gasteiger partial charge is 0.354 e. The van der Waals surface area contributed by atoms with E-state index in [0.717, 1.165) is 38.5 Å². The van der Waals surface area contributed by atoms with Gasteiger partial charge in [0.2, 0.25) is 11.8 Å². The molecule has 1 aromatic heterocycles. The molecular formula is C19H32N6O2. The highest BCUT2D eigenvalue weighted by molar-refractivity contribution is 5.81. The third-order valence-corrected chi connectivity index (χ3v) is 5.06. The number of guanidine groups is 1. The Kier molecular flexibility index (Phi) is 6.01. The van der Waals surface area contributed by atoms with Crippen LogP contribution in [-0.4, -0.2) is 41.1 Å². The first-order valence-corrected chi connectivity index (χ1v) is 9.96. The van der Waals surface area contributed by atoms with Gasteiger partial charge in [-0.25, -0.2) is 0 Å². The summed E-state index contributed by atoms with van der Waals surface area (Å²) < 4.78 is 5.32. The van der Waals surface area contributed by atoms with E-state index >= 15 is 0 Å². The molecule has 0 aromatic carbocycles. The minimum Gasteiger partial charge on any atom is -0.354 e. The third-order valence-electron chi connectivity index (χ3n) is 5.06. The summed E-state index contributed by atoms with van der Waals surface area (Å²) in [6.45, 7) is 6.56. The average Bonchev–Trinajstić information content (AvgIpc) is 3.30. The number of rotatable bonds is 5. The molecule has 8 nitrogen and oxygen atoms in total. The van der Waals surface area contributed by atoms with Gasteiger partial charge in [0.15, 0.2) is 11.8 Å². The highest BCUT2D eigenvalue weighted by Gasteiger charge is 2.31. The van der Waals surface area contributed by atoms with Gasteiger partial charge in [-0.05, 0) is 32.1 Å². The van der Waals surface area contributed by atoms with Crippen molar-refractivity contribution in [1.29, 1.82) is 0 Å². The Morgan fingerprint density at radius 1 is 1.19 bits per heavy atom. The summed E-state index contributed by atoms with van der Waals surface area (Å²) in [5, 5.41) is 13.8. The maximum Gasteiger partial charge on any atom is 0.232 e. The molecule has 2 fully saturated rings. The second-order valence-electron chi connectivity index (χ2n) is 8.68. The molecule has 2 aliphatic rings. The second kappa shape index (κ2) is 8.27. The number of nitrogens with one attached hydrogen (secondary N) is 3. The summed E-state index contributed by atoms with van der Waals surface area (Å²) in [7, 11) is 1.74. The van der Waals surface area contributed by atoms with E-state index in [4.69, 9.17) is 4.52 Å². The standard InChI is InChI=1S/C19H32N6O2/c1-19(2,3)17-24-15(25-27-17)11-21-18(20-4)23-14-7-5-6-12(10-14)16(26)22-13-8-9-13/h12-14H,5-11H2,1-4H3,(H,22,26)(H2,20,21,23). The van der Waals surface area contributed by atoms with Gasteiger partial charge in [-0.15, -0.1) is 0 Å². The van der Waals surface area contributed by atoms with Gasteiger partial charge in [-0.1, -0.05) is 32.3 Å². The van der Waals surface area contributed by atoms with Crippen molar-refractivity contribution in [3.8, 4) is 0 Å². The Hall–Kier alpha value is -2.12. The molecule has 0 radical (unpaired) electrons. The number of hydrogen-bond donors (Lipinski definition) is 3. The van der Waals surface area contributed by atoms with Gasteiger partial charge in [0.05, 0.1) is 6.54 Å². The Bertz CT molecular complexity index is 674. The lowest BCUT2D eigenvalue weighted by Gasteiger charge is -2.30. The molecule has 150 valence electrons. The van der Waals surface area contributed by atoms with Crippen LogP contribution in [0.15, 0.2) is 9.52 Å². The summed E-state index contributed by atoms with van der Waals surface area (Å²) in [6, 6.07) is 0.670. The minimum atomic E-state index is -0.163. The molecule has 2 aliphatic carbocycles. The molecule has 27 heavy (non-hydrogen) atoms. The van der Waals surface area contributed by atoms with Crippen LogP contribution in [0.2, 0.25) is 0 Å². The van der Waals surface area contributed by atoms with E-state index in [1.54, 1.807) is 7.05 Å². The van der Waals surface area contributed by atoms with Crippen molar-refractivity contribution < 1.29 is 9.32 Å². The van der Waals surface area contributed by atoms with Gasteiger partial charge >= 0.3 is 0 Å². The molecule has 0 spiro atoms. The number of amides is 1. The molecule has 3 rings (SSSR count). The minimum absolute atomic E-state index is 0.0986. The maximum atomic E-state index is 12.3. The van der Waals surface area contributed by atoms with Crippen LogP contribution in [0.4, 0.5) is 0 Å². The van der Waals surface area contributed by atoms with E-state index in [0.29, 0.717) is 30.3 Å². The van der Waals surface area contributed by atoms with Crippen molar-refractivity contribution in [3.05, 3.63) is 11.7 Å². The number of aliphatic imine (C=N–C) groups is 1. The summed E-state index contributed by atoms with van der Waals surface area (Å²) in [5.74, 6) is 2.24. The smallest absolute Gasteiger partial charge is 0.232 e. The van der Waals surface area contributed by atoms with Crippen molar-refractivity contribution in [3.63, 3.8) is 0 Å². The summed E-state index contributed by atoms with van der Waals surface area (Å²) >= 11 is 0. The highest BCUT2D eigenvalue weighted by Crippen LogP contribution is 2.26. The summed E-state index contributed by atoms with van der Waals surface area (Å²) in [5.41, 5.74) is -0.163. The van der Waals surface area contributed by atoms with E-state index in [-0.39, 0.29) is 23.3 Å². The van der Waals surface area contributed by atoms with Crippen LogP contribution in [-0.2, 0) is 16.8 Å². The van der Waals surface area contributed by atoms with Crippen LogP contribution in [0.1, 0.15) is 71.0 Å². The van der Waals surface area contributed by atoms with Crippen LogP contribution in [0, 0.1) is 5.92 Å². The van der Waals surface area contributed by atoms with Gasteiger partial charge in [0.1, 0.15) is 0 Å². The summed E-state index contributed by atoms with van der Waals surface area (Å²) in [4.78, 5) is 21.0. The Balaban J connectivity index is 1.47. The van der Waals surface area contributed by atoms with E-state index in [9.17, 15) is 4.79 Å². The van der Waals surface area contributed by atoms with Gasteiger partial charge < -0.3 is 20.5 Å². The molecule has 3 N–H and O–H groups in total. The van der Waals surface area contributed by atoms with Crippen LogP contribution < -0.4 is 16.0 Å². The molecule has 2 saturated carbocycles. The zero-order valence-electron chi connectivity index (χ0n) is 16.8. The molecule has 0 saturated heterocycles. The predicted molar refractivity (Wildman–Crippen MR) is 103 cm³/mol. The fraction of sp³-hybridized carbons (Fsp3) is 0.789. The van der Waals surface area contributed by atoms with E-state index in [2.05, 4.69) is 31.1 Å². The number of hydrogen-bond acceptors (Lipinski definition) is 5. The first-order valence-electron chi connectivity index (χ1n) is 9.96. The van der Waals surface area contributed by atoms with Gasteiger partial charge in [0, 0.05) is 30.5 Å². The number of aromatic nitrogens is 2. The quantitative estimate of drug-likeness (QED) is 0.535. The lowest BCUT2D eigenvalue weighted by atomic mass is 9.85. The lowest BCUT2D eigenvalue weighted by molar-refractivity contribution is -0.126. The number of carbonyl (C=O) groups excluding carboxylic acids is 1. The molecule has 2 unspecified atom stereocenters. The van der Waals surface area contributed by atoms with Gasteiger partial charge in [-0.2, -0.15) is 4.98 Å². The van der Waals surface area contributed by atoms with E-state index < -0.39 is 0 Å². The number of carbonyl (C=O) groups is 1. The zero-order valence-corrected chi connectivity index (χ0v) is 16.8. The Morgan fingerprint density at radius 2 is 1.96 bits per heavy atom. The fourth-order valence-corrected chi connectivity index (χ4v) is 3.29. The molecule has 1 aromatic rings. The van der Waals surface area contributed by atoms with E-state index in [1.165, 1.54) is 0 Å². The van der Waals surface area contributed by atoms with Crippen LogP contribution in [0.5, 0.6) is 0 Å². The van der Waals surface area contributed by atoms with Gasteiger partial charge in [0.25, 0.3) is 0 Å². The predicted octanol–water partition coefficient (Wildman–Crippen LogP) is 1.87. The topological polar surface area (TPSA) is 104 Å². The van der Waals surface area contributed by atoms with Crippen LogP contribution in [0.3, 0.4) is 0 Å². The van der Waals surface area contributed by atoms with Crippen LogP contribution in [0.25, 0.3) is 0 Å². The monoisotopic (exact) mass is 376 g/mol. The highest BCUT2D eigenvalue weighted by atomic mass is 16.5. The molecular weight excluding hydrogens is 344 g/mol. The Labute approximate surface area is 161 Å². The zero-order chi connectivity index (χ0) is 19.4.